The number of nitrogens with one attached hydrogen (secondary N) is 1. The third kappa shape index (κ3) is 6.54. The molecule has 4 heteroatoms. The fourth-order valence-corrected chi connectivity index (χ4v) is 0.872. The lowest BCUT2D eigenvalue weighted by Gasteiger charge is -2.21. The number of carbonyl (C=O) groups excluding carboxylic acids is 1. The van der Waals surface area contributed by atoms with Gasteiger partial charge in [-0.15, -0.1) is 0 Å². The van der Waals surface area contributed by atoms with Gasteiger partial charge in [0, 0.05) is 5.54 Å². The van der Waals surface area contributed by atoms with Gasteiger partial charge in [0.05, 0.1) is 7.11 Å². The van der Waals surface area contributed by atoms with Crippen LogP contribution >= 0.6 is 0 Å². The van der Waals surface area contributed by atoms with Crippen LogP contribution in [0.15, 0.2) is 0 Å². The third-order valence-corrected chi connectivity index (χ3v) is 1.61. The molecule has 0 heterocycles. The summed E-state index contributed by atoms with van der Waals surface area (Å²) in [6, 6.07) is -0.514. The predicted octanol–water partition coefficient (Wildman–Crippen LogP) is 0.265. The van der Waals surface area contributed by atoms with Crippen molar-refractivity contribution in [1.29, 1.82) is 0 Å². The van der Waals surface area contributed by atoms with E-state index < -0.39 is 6.04 Å². The number of esters is 1. The predicted molar refractivity (Wildman–Crippen MR) is 52.4 cm³/mol. The molecule has 0 spiro atoms. The molecule has 0 aromatic carbocycles. The highest BCUT2D eigenvalue weighted by molar-refractivity contribution is 5.75. The van der Waals surface area contributed by atoms with Gasteiger partial charge in [-0.1, -0.05) is 0 Å². The number of rotatable bonds is 4. The number of ether oxygens (including phenoxy) is 1. The molecule has 0 aliphatic rings. The molecule has 3 N–H and O–H groups in total. The first-order valence-electron chi connectivity index (χ1n) is 4.45. The van der Waals surface area contributed by atoms with E-state index in [0.717, 1.165) is 6.54 Å². The summed E-state index contributed by atoms with van der Waals surface area (Å²) < 4.78 is 4.50. The zero-order chi connectivity index (χ0) is 10.5. The molecule has 0 radical (unpaired) electrons. The van der Waals surface area contributed by atoms with Crippen LogP contribution in [0.25, 0.3) is 0 Å². The van der Waals surface area contributed by atoms with Crippen molar-refractivity contribution in [1.82, 2.24) is 5.32 Å². The summed E-state index contributed by atoms with van der Waals surface area (Å²) in [5.41, 5.74) is 5.61. The molecule has 0 aliphatic heterocycles. The lowest BCUT2D eigenvalue weighted by Crippen LogP contribution is -2.41. The van der Waals surface area contributed by atoms with Crippen LogP contribution in [0, 0.1) is 0 Å². The summed E-state index contributed by atoms with van der Waals surface area (Å²) in [4.78, 5) is 10.9. The van der Waals surface area contributed by atoms with Crippen LogP contribution in [0.4, 0.5) is 0 Å². The Bertz CT molecular complexity index is 163. The van der Waals surface area contributed by atoms with Gasteiger partial charge in [0.2, 0.25) is 0 Å². The first-order valence-corrected chi connectivity index (χ1v) is 4.45. The van der Waals surface area contributed by atoms with E-state index in [9.17, 15) is 4.79 Å². The molecule has 0 saturated carbocycles. The molecule has 4 nitrogen and oxygen atoms in total. The van der Waals surface area contributed by atoms with Gasteiger partial charge >= 0.3 is 5.97 Å². The van der Waals surface area contributed by atoms with Crippen LogP contribution in [0.2, 0.25) is 0 Å². The van der Waals surface area contributed by atoms with Crippen molar-refractivity contribution in [3.05, 3.63) is 0 Å². The van der Waals surface area contributed by atoms with Crippen LogP contribution in [0.1, 0.15) is 27.2 Å². The molecule has 13 heavy (non-hydrogen) atoms. The quantitative estimate of drug-likeness (QED) is 0.621. The summed E-state index contributed by atoms with van der Waals surface area (Å²) in [5.74, 6) is -0.351. The topological polar surface area (TPSA) is 64.3 Å². The maximum Gasteiger partial charge on any atom is 0.322 e. The van der Waals surface area contributed by atoms with Gasteiger partial charge in [-0.05, 0) is 33.7 Å². The van der Waals surface area contributed by atoms with E-state index in [4.69, 9.17) is 5.73 Å². The van der Waals surface area contributed by atoms with Crippen LogP contribution in [-0.4, -0.2) is 31.2 Å². The SMILES string of the molecule is COC(=O)C(N)CCNC(C)(C)C. The first-order chi connectivity index (χ1) is 5.87. The minimum atomic E-state index is -0.514. The summed E-state index contributed by atoms with van der Waals surface area (Å²) in [5, 5.41) is 3.24. The molecule has 1 atom stereocenters. The van der Waals surface area contributed by atoms with Gasteiger partial charge in [0.15, 0.2) is 0 Å². The lowest BCUT2D eigenvalue weighted by atomic mass is 10.1. The van der Waals surface area contributed by atoms with Crippen molar-refractivity contribution in [2.75, 3.05) is 13.7 Å². The van der Waals surface area contributed by atoms with Gasteiger partial charge in [-0.2, -0.15) is 0 Å². The highest BCUT2D eigenvalue weighted by Gasteiger charge is 2.14. The molecule has 78 valence electrons. The van der Waals surface area contributed by atoms with Gasteiger partial charge in [0.25, 0.3) is 0 Å². The van der Waals surface area contributed by atoms with Crippen molar-refractivity contribution >= 4 is 5.97 Å². The number of methoxy groups -OCH3 is 1. The van der Waals surface area contributed by atoms with E-state index in [1.807, 2.05) is 0 Å². The van der Waals surface area contributed by atoms with E-state index in [1.54, 1.807) is 0 Å². The minimum Gasteiger partial charge on any atom is -0.468 e. The highest BCUT2D eigenvalue weighted by atomic mass is 16.5. The normalized spacial score (nSPS) is 13.9. The number of hydrogen-bond donors (Lipinski definition) is 2. The standard InChI is InChI=1S/C9H20N2O2/c1-9(2,3)11-6-5-7(10)8(12)13-4/h7,11H,5-6,10H2,1-4H3. The van der Waals surface area contributed by atoms with Crippen molar-refractivity contribution in [2.24, 2.45) is 5.73 Å². The highest BCUT2D eigenvalue weighted by Crippen LogP contribution is 1.99. The van der Waals surface area contributed by atoms with E-state index in [0.29, 0.717) is 6.42 Å². The Balaban J connectivity index is 3.59. The zero-order valence-electron chi connectivity index (χ0n) is 8.89. The molecule has 0 bridgehead atoms. The number of carbonyl (C=O) groups is 1. The van der Waals surface area contributed by atoms with Crippen LogP contribution in [0.5, 0.6) is 0 Å². The van der Waals surface area contributed by atoms with E-state index >= 15 is 0 Å². The smallest absolute Gasteiger partial charge is 0.322 e. The Morgan fingerprint density at radius 2 is 2.08 bits per heavy atom. The summed E-state index contributed by atoms with van der Waals surface area (Å²) in [6.45, 7) is 6.92. The Labute approximate surface area is 79.8 Å². The molecule has 0 aromatic heterocycles. The Morgan fingerprint density at radius 3 is 2.46 bits per heavy atom. The van der Waals surface area contributed by atoms with Gasteiger partial charge in [0.1, 0.15) is 6.04 Å². The third-order valence-electron chi connectivity index (χ3n) is 1.61. The van der Waals surface area contributed by atoms with Gasteiger partial charge in [-0.3, -0.25) is 4.79 Å². The van der Waals surface area contributed by atoms with Crippen LogP contribution in [0.3, 0.4) is 0 Å². The molecule has 0 saturated heterocycles. The summed E-state index contributed by atoms with van der Waals surface area (Å²) >= 11 is 0. The monoisotopic (exact) mass is 188 g/mol. The summed E-state index contributed by atoms with van der Waals surface area (Å²) in [7, 11) is 1.35. The van der Waals surface area contributed by atoms with Crippen molar-refractivity contribution in [3.8, 4) is 0 Å². The second kappa shape index (κ2) is 5.19. The largest absolute Gasteiger partial charge is 0.468 e. The average molecular weight is 188 g/mol. The Hall–Kier alpha value is -0.610. The first kappa shape index (κ1) is 12.4. The molecule has 1 unspecified atom stereocenters. The summed E-state index contributed by atoms with van der Waals surface area (Å²) in [6.07, 6.45) is 0.601. The second-order valence-electron chi connectivity index (χ2n) is 4.10. The van der Waals surface area contributed by atoms with Crippen molar-refractivity contribution in [3.63, 3.8) is 0 Å². The maximum absolute atomic E-state index is 10.9. The van der Waals surface area contributed by atoms with Crippen LogP contribution in [-0.2, 0) is 9.53 Å². The van der Waals surface area contributed by atoms with E-state index in [-0.39, 0.29) is 11.5 Å². The minimum absolute atomic E-state index is 0.0653. The fraction of sp³-hybridized carbons (Fsp3) is 0.889. The second-order valence-corrected chi connectivity index (χ2v) is 4.10. The molecule has 0 aromatic rings. The Morgan fingerprint density at radius 1 is 1.54 bits per heavy atom. The molecule has 0 aliphatic carbocycles. The average Bonchev–Trinajstić information content (AvgIpc) is 2.00. The molecular formula is C9H20N2O2. The molecular weight excluding hydrogens is 168 g/mol. The van der Waals surface area contributed by atoms with Crippen molar-refractivity contribution in [2.45, 2.75) is 38.8 Å². The molecule has 0 amide bonds. The Kier molecular flexibility index (Phi) is 4.95. The van der Waals surface area contributed by atoms with Crippen molar-refractivity contribution < 1.29 is 9.53 Å². The van der Waals surface area contributed by atoms with Crippen LogP contribution < -0.4 is 11.1 Å². The lowest BCUT2D eigenvalue weighted by molar-refractivity contribution is -0.142. The number of nitrogens with two attached hydrogens (primary N) is 1. The van der Waals surface area contributed by atoms with Gasteiger partial charge in [-0.25, -0.2) is 0 Å². The van der Waals surface area contributed by atoms with E-state index in [1.165, 1.54) is 7.11 Å². The van der Waals surface area contributed by atoms with Gasteiger partial charge < -0.3 is 15.8 Å². The maximum atomic E-state index is 10.9. The number of hydrogen-bond acceptors (Lipinski definition) is 4. The fourth-order valence-electron chi connectivity index (χ4n) is 0.872. The molecule has 0 rings (SSSR count). The zero-order valence-corrected chi connectivity index (χ0v) is 8.89. The molecule has 0 fully saturated rings. The van der Waals surface area contributed by atoms with E-state index in [2.05, 4.69) is 30.8 Å².